The Labute approximate surface area is 186 Å². The fourth-order valence-electron chi connectivity index (χ4n) is 3.63. The molecule has 0 bridgehead atoms. The van der Waals surface area contributed by atoms with Gasteiger partial charge in [-0.2, -0.15) is 4.99 Å². The number of hydrogen-bond acceptors (Lipinski definition) is 2. The fourth-order valence-corrected chi connectivity index (χ4v) is 3.83. The summed E-state index contributed by atoms with van der Waals surface area (Å²) in [6.07, 6.45) is 1.46. The summed E-state index contributed by atoms with van der Waals surface area (Å²) in [4.78, 5) is 30.5. The number of rotatable bonds is 6. The molecule has 0 aromatic heterocycles. The third-order valence-corrected chi connectivity index (χ3v) is 5.75. The van der Waals surface area contributed by atoms with Crippen LogP contribution < -0.4 is 11.1 Å². The molecule has 1 aliphatic carbocycles. The number of nitrogens with one attached hydrogen (secondary N) is 1. The predicted molar refractivity (Wildman–Crippen MR) is 122 cm³/mol. The van der Waals surface area contributed by atoms with Crippen LogP contribution in [0, 0.1) is 0 Å². The number of hydrogen-bond donors (Lipinski definition) is 2. The number of nitrogens with zero attached hydrogens (tertiary/aromatic N) is 1. The molecule has 2 amide bonds. The number of aliphatic imine (C=N–C) groups is 1. The van der Waals surface area contributed by atoms with Gasteiger partial charge < -0.3 is 11.1 Å². The van der Waals surface area contributed by atoms with E-state index in [1.807, 2.05) is 48.5 Å². The van der Waals surface area contributed by atoms with E-state index in [2.05, 4.69) is 10.3 Å². The maximum atomic E-state index is 13.3. The van der Waals surface area contributed by atoms with Gasteiger partial charge in [-0.3, -0.25) is 9.59 Å². The van der Waals surface area contributed by atoms with Gasteiger partial charge >= 0.3 is 0 Å². The van der Waals surface area contributed by atoms with Crippen molar-refractivity contribution in [2.45, 2.75) is 24.3 Å². The summed E-state index contributed by atoms with van der Waals surface area (Å²) in [5.74, 6) is -0.664. The Morgan fingerprint density at radius 2 is 1.58 bits per heavy atom. The highest BCUT2D eigenvalue weighted by Gasteiger charge is 2.52. The molecule has 1 fully saturated rings. The lowest BCUT2D eigenvalue weighted by atomic mass is 9.94. The first-order valence-corrected chi connectivity index (χ1v) is 10.4. The molecule has 3 aromatic carbocycles. The first-order chi connectivity index (χ1) is 15.0. The molecule has 0 radical (unpaired) electrons. The van der Waals surface area contributed by atoms with Crippen molar-refractivity contribution < 1.29 is 9.59 Å². The largest absolute Gasteiger partial charge is 0.383 e. The quantitative estimate of drug-likeness (QED) is 0.454. The first kappa shape index (κ1) is 20.8. The molecular weight excluding hydrogens is 410 g/mol. The van der Waals surface area contributed by atoms with Crippen LogP contribution in [0.1, 0.15) is 35.6 Å². The van der Waals surface area contributed by atoms with E-state index >= 15 is 0 Å². The topological polar surface area (TPSA) is 84.5 Å². The zero-order valence-electron chi connectivity index (χ0n) is 16.8. The van der Waals surface area contributed by atoms with E-state index in [1.54, 1.807) is 36.4 Å². The SMILES string of the molecule is NC(=NC(=O)C(NC(=O)C1(c2ccccc2)CC1)c1cccc(Cl)c1)c1ccccc1. The van der Waals surface area contributed by atoms with Crippen molar-refractivity contribution in [3.8, 4) is 0 Å². The van der Waals surface area contributed by atoms with Crippen molar-refractivity contribution >= 4 is 29.3 Å². The summed E-state index contributed by atoms with van der Waals surface area (Å²) in [6.45, 7) is 0. The summed E-state index contributed by atoms with van der Waals surface area (Å²) >= 11 is 6.15. The van der Waals surface area contributed by atoms with Crippen LogP contribution in [0.25, 0.3) is 0 Å². The fraction of sp³-hybridized carbons (Fsp3) is 0.160. The second-order valence-electron chi connectivity index (χ2n) is 7.61. The summed E-state index contributed by atoms with van der Waals surface area (Å²) < 4.78 is 0. The van der Waals surface area contributed by atoms with Gasteiger partial charge in [-0.15, -0.1) is 0 Å². The maximum absolute atomic E-state index is 13.3. The monoisotopic (exact) mass is 431 g/mol. The summed E-state index contributed by atoms with van der Waals surface area (Å²) in [5, 5.41) is 3.38. The van der Waals surface area contributed by atoms with Gasteiger partial charge in [-0.25, -0.2) is 0 Å². The minimum Gasteiger partial charge on any atom is -0.383 e. The molecule has 31 heavy (non-hydrogen) atoms. The van der Waals surface area contributed by atoms with Crippen molar-refractivity contribution in [2.75, 3.05) is 0 Å². The number of benzene rings is 3. The minimum absolute atomic E-state index is 0.0936. The van der Waals surface area contributed by atoms with Crippen LogP contribution in [-0.4, -0.2) is 17.6 Å². The molecule has 1 atom stereocenters. The van der Waals surface area contributed by atoms with Crippen molar-refractivity contribution in [1.29, 1.82) is 0 Å². The lowest BCUT2D eigenvalue weighted by Crippen LogP contribution is -2.40. The maximum Gasteiger partial charge on any atom is 0.274 e. The molecule has 1 unspecified atom stereocenters. The molecule has 0 aliphatic heterocycles. The number of amides is 2. The van der Waals surface area contributed by atoms with Gasteiger partial charge in [0.1, 0.15) is 11.9 Å². The van der Waals surface area contributed by atoms with Crippen LogP contribution in [0.5, 0.6) is 0 Å². The number of amidine groups is 1. The van der Waals surface area contributed by atoms with E-state index < -0.39 is 17.4 Å². The Bertz CT molecular complexity index is 1130. The zero-order chi connectivity index (χ0) is 21.8. The molecule has 5 nitrogen and oxygen atoms in total. The van der Waals surface area contributed by atoms with Gasteiger partial charge in [0, 0.05) is 10.6 Å². The van der Waals surface area contributed by atoms with Crippen molar-refractivity contribution in [2.24, 2.45) is 10.7 Å². The van der Waals surface area contributed by atoms with Gasteiger partial charge in [0.15, 0.2) is 0 Å². The highest BCUT2D eigenvalue weighted by atomic mass is 35.5. The van der Waals surface area contributed by atoms with E-state index in [9.17, 15) is 9.59 Å². The van der Waals surface area contributed by atoms with Crippen LogP contribution in [0.3, 0.4) is 0 Å². The molecule has 0 heterocycles. The molecule has 3 aromatic rings. The predicted octanol–water partition coefficient (Wildman–Crippen LogP) is 4.16. The van der Waals surface area contributed by atoms with Gasteiger partial charge in [0.2, 0.25) is 5.91 Å². The third kappa shape index (κ3) is 4.52. The summed E-state index contributed by atoms with van der Waals surface area (Å²) in [7, 11) is 0. The van der Waals surface area contributed by atoms with Gasteiger partial charge in [-0.05, 0) is 36.1 Å². The standard InChI is InChI=1S/C25H22ClN3O2/c26-20-13-7-10-18(16-20)21(23(30)29-22(27)17-8-3-1-4-9-17)28-24(31)25(14-15-25)19-11-5-2-6-12-19/h1-13,16,21H,14-15H2,(H,28,31)(H2,27,29,30). The van der Waals surface area contributed by atoms with E-state index in [0.29, 0.717) is 16.1 Å². The Morgan fingerprint density at radius 1 is 0.935 bits per heavy atom. The van der Waals surface area contributed by atoms with Crippen molar-refractivity contribution in [3.63, 3.8) is 0 Å². The zero-order valence-corrected chi connectivity index (χ0v) is 17.5. The highest BCUT2D eigenvalue weighted by Crippen LogP contribution is 2.48. The molecule has 1 aliphatic rings. The molecule has 156 valence electrons. The smallest absolute Gasteiger partial charge is 0.274 e. The molecule has 0 saturated heterocycles. The number of halogens is 1. The van der Waals surface area contributed by atoms with E-state index in [4.69, 9.17) is 17.3 Å². The lowest BCUT2D eigenvalue weighted by molar-refractivity contribution is -0.129. The second-order valence-corrected chi connectivity index (χ2v) is 8.05. The average Bonchev–Trinajstić information content (AvgIpc) is 3.60. The molecule has 3 N–H and O–H groups in total. The minimum atomic E-state index is -0.991. The Balaban J connectivity index is 1.64. The van der Waals surface area contributed by atoms with Crippen LogP contribution in [0.2, 0.25) is 5.02 Å². The van der Waals surface area contributed by atoms with Crippen molar-refractivity contribution in [1.82, 2.24) is 5.32 Å². The Hall–Kier alpha value is -3.44. The van der Waals surface area contributed by atoms with Gasteiger partial charge in [-0.1, -0.05) is 84.4 Å². The number of carbonyl (C=O) groups excluding carboxylic acids is 2. The summed E-state index contributed by atoms with van der Waals surface area (Å²) in [6, 6.07) is 24.5. The molecule has 4 rings (SSSR count). The van der Waals surface area contributed by atoms with Gasteiger partial charge in [0.05, 0.1) is 5.41 Å². The Morgan fingerprint density at radius 3 is 2.19 bits per heavy atom. The molecular formula is C25H22ClN3O2. The third-order valence-electron chi connectivity index (χ3n) is 5.52. The van der Waals surface area contributed by atoms with Crippen LogP contribution in [0.15, 0.2) is 89.9 Å². The van der Waals surface area contributed by atoms with E-state index in [0.717, 1.165) is 18.4 Å². The van der Waals surface area contributed by atoms with Crippen LogP contribution in [0.4, 0.5) is 0 Å². The normalized spacial score (nSPS) is 15.7. The van der Waals surface area contributed by atoms with E-state index in [-0.39, 0.29) is 11.7 Å². The highest BCUT2D eigenvalue weighted by molar-refractivity contribution is 6.30. The number of carbonyl (C=O) groups is 2. The lowest BCUT2D eigenvalue weighted by Gasteiger charge is -2.21. The van der Waals surface area contributed by atoms with E-state index in [1.165, 1.54) is 0 Å². The Kier molecular flexibility index (Phi) is 5.87. The number of nitrogens with two attached hydrogens (primary N) is 1. The molecule has 0 spiro atoms. The first-order valence-electron chi connectivity index (χ1n) is 10.0. The average molecular weight is 432 g/mol. The second kappa shape index (κ2) is 8.74. The van der Waals surface area contributed by atoms with Gasteiger partial charge in [0.25, 0.3) is 5.91 Å². The van der Waals surface area contributed by atoms with Crippen LogP contribution >= 0.6 is 11.6 Å². The molecule has 6 heteroatoms. The summed E-state index contributed by atoms with van der Waals surface area (Å²) in [5.41, 5.74) is 7.57. The molecule has 1 saturated carbocycles. The van der Waals surface area contributed by atoms with Crippen LogP contribution in [-0.2, 0) is 15.0 Å². The van der Waals surface area contributed by atoms with Crippen molar-refractivity contribution in [3.05, 3.63) is 107 Å².